The van der Waals surface area contributed by atoms with Gasteiger partial charge in [-0.3, -0.25) is 4.79 Å². The fraction of sp³-hybridized carbons (Fsp3) is 0.143. The number of benzene rings is 1. The van der Waals surface area contributed by atoms with Crippen LogP contribution in [-0.4, -0.2) is 16.7 Å². The molecule has 98 valence electrons. The van der Waals surface area contributed by atoms with E-state index in [2.05, 4.69) is 10.5 Å². The van der Waals surface area contributed by atoms with Gasteiger partial charge in [0.05, 0.1) is 12.6 Å². The summed E-state index contributed by atoms with van der Waals surface area (Å²) in [5.41, 5.74) is 4.32. The van der Waals surface area contributed by atoms with Gasteiger partial charge >= 0.3 is 0 Å². The highest BCUT2D eigenvalue weighted by atomic mass is 35.5. The molecule has 4 nitrogen and oxygen atoms in total. The van der Waals surface area contributed by atoms with E-state index in [0.717, 1.165) is 11.3 Å². The summed E-state index contributed by atoms with van der Waals surface area (Å²) < 4.78 is 1.91. The third kappa shape index (κ3) is 3.96. The Labute approximate surface area is 116 Å². The number of nitrogens with zero attached hydrogens (tertiary/aromatic N) is 2. The van der Waals surface area contributed by atoms with Gasteiger partial charge in [0.1, 0.15) is 0 Å². The second-order valence-corrected chi connectivity index (χ2v) is 4.57. The lowest BCUT2D eigenvalue weighted by molar-refractivity contribution is -0.120. The van der Waals surface area contributed by atoms with Crippen molar-refractivity contribution in [3.8, 4) is 0 Å². The number of carbonyl (C=O) groups excluding carboxylic acids is 1. The molecular formula is C14H14ClN3O. The zero-order valence-electron chi connectivity index (χ0n) is 10.5. The van der Waals surface area contributed by atoms with Crippen molar-refractivity contribution in [1.29, 1.82) is 0 Å². The second-order valence-electron chi connectivity index (χ2n) is 4.13. The molecule has 0 fully saturated rings. The van der Waals surface area contributed by atoms with Crippen LogP contribution in [0.5, 0.6) is 0 Å². The number of aryl methyl sites for hydroxylation is 1. The Hall–Kier alpha value is -2.07. The van der Waals surface area contributed by atoms with E-state index in [-0.39, 0.29) is 5.91 Å². The Morgan fingerprint density at radius 3 is 2.74 bits per heavy atom. The highest BCUT2D eigenvalue weighted by Gasteiger charge is 2.04. The summed E-state index contributed by atoms with van der Waals surface area (Å²) >= 11 is 5.77. The Bertz CT molecular complexity index is 587. The predicted octanol–water partition coefficient (Wildman–Crippen LogP) is 2.37. The maximum atomic E-state index is 11.6. The maximum absolute atomic E-state index is 11.6. The third-order valence-corrected chi connectivity index (χ3v) is 2.92. The van der Waals surface area contributed by atoms with Gasteiger partial charge in [0, 0.05) is 24.0 Å². The average molecular weight is 276 g/mol. The van der Waals surface area contributed by atoms with Crippen LogP contribution in [0.25, 0.3) is 0 Å². The zero-order valence-corrected chi connectivity index (χ0v) is 11.3. The Morgan fingerprint density at radius 1 is 1.37 bits per heavy atom. The SMILES string of the molecule is Cn1cccc1CC(=O)N/N=C\c1ccc(Cl)cc1. The highest BCUT2D eigenvalue weighted by molar-refractivity contribution is 6.30. The minimum atomic E-state index is -0.146. The van der Waals surface area contributed by atoms with Gasteiger partial charge in [0.25, 0.3) is 0 Å². The van der Waals surface area contributed by atoms with Gasteiger partial charge in [-0.25, -0.2) is 5.43 Å². The lowest BCUT2D eigenvalue weighted by Crippen LogP contribution is -2.20. The number of hydrogen-bond donors (Lipinski definition) is 1. The van der Waals surface area contributed by atoms with Crippen molar-refractivity contribution >= 4 is 23.7 Å². The van der Waals surface area contributed by atoms with Crippen molar-refractivity contribution in [2.24, 2.45) is 12.1 Å². The lowest BCUT2D eigenvalue weighted by Gasteiger charge is -2.01. The van der Waals surface area contributed by atoms with Crippen LogP contribution >= 0.6 is 11.6 Å². The van der Waals surface area contributed by atoms with E-state index in [1.807, 2.05) is 42.1 Å². The van der Waals surface area contributed by atoms with Crippen molar-refractivity contribution in [3.63, 3.8) is 0 Å². The quantitative estimate of drug-likeness (QED) is 0.676. The molecule has 1 amide bonds. The van der Waals surface area contributed by atoms with Gasteiger partial charge in [-0.2, -0.15) is 5.10 Å². The minimum Gasteiger partial charge on any atom is -0.354 e. The van der Waals surface area contributed by atoms with Gasteiger partial charge in [0.2, 0.25) is 5.91 Å². The monoisotopic (exact) mass is 275 g/mol. The van der Waals surface area contributed by atoms with E-state index < -0.39 is 0 Å². The number of carbonyl (C=O) groups is 1. The largest absolute Gasteiger partial charge is 0.354 e. The zero-order chi connectivity index (χ0) is 13.7. The molecule has 5 heteroatoms. The smallest absolute Gasteiger partial charge is 0.245 e. The number of halogens is 1. The number of hydrazone groups is 1. The van der Waals surface area contributed by atoms with Crippen molar-refractivity contribution in [3.05, 3.63) is 58.9 Å². The lowest BCUT2D eigenvalue weighted by atomic mass is 10.2. The van der Waals surface area contributed by atoms with Crippen molar-refractivity contribution in [1.82, 2.24) is 9.99 Å². The van der Waals surface area contributed by atoms with E-state index in [1.54, 1.807) is 18.3 Å². The minimum absolute atomic E-state index is 0.146. The standard InChI is InChI=1S/C14H14ClN3O/c1-18-8-2-3-13(18)9-14(19)17-16-10-11-4-6-12(15)7-5-11/h2-8,10H,9H2,1H3,(H,17,19)/b16-10-. The average Bonchev–Trinajstić information content (AvgIpc) is 2.78. The van der Waals surface area contributed by atoms with E-state index in [1.165, 1.54) is 0 Å². The molecule has 0 aliphatic rings. The first-order chi connectivity index (χ1) is 9.15. The highest BCUT2D eigenvalue weighted by Crippen LogP contribution is 2.07. The molecule has 0 aliphatic carbocycles. The fourth-order valence-electron chi connectivity index (χ4n) is 1.61. The predicted molar refractivity (Wildman–Crippen MR) is 76.3 cm³/mol. The molecule has 1 aromatic carbocycles. The van der Waals surface area contributed by atoms with Crippen LogP contribution in [0, 0.1) is 0 Å². The molecular weight excluding hydrogens is 262 g/mol. The summed E-state index contributed by atoms with van der Waals surface area (Å²) in [4.78, 5) is 11.6. The van der Waals surface area contributed by atoms with E-state index in [0.29, 0.717) is 11.4 Å². The summed E-state index contributed by atoms with van der Waals surface area (Å²) in [7, 11) is 1.90. The second kappa shape index (κ2) is 6.20. The van der Waals surface area contributed by atoms with Crippen molar-refractivity contribution in [2.75, 3.05) is 0 Å². The molecule has 0 saturated heterocycles. The van der Waals surface area contributed by atoms with Crippen molar-refractivity contribution in [2.45, 2.75) is 6.42 Å². The molecule has 19 heavy (non-hydrogen) atoms. The van der Waals surface area contributed by atoms with Gasteiger partial charge < -0.3 is 4.57 Å². The summed E-state index contributed by atoms with van der Waals surface area (Å²) in [6.45, 7) is 0. The number of aromatic nitrogens is 1. The fourth-order valence-corrected chi connectivity index (χ4v) is 1.74. The molecule has 0 bridgehead atoms. The summed E-state index contributed by atoms with van der Waals surface area (Å²) in [6.07, 6.45) is 3.79. The first-order valence-electron chi connectivity index (χ1n) is 5.83. The molecule has 0 aliphatic heterocycles. The van der Waals surface area contributed by atoms with Crippen LogP contribution in [0.15, 0.2) is 47.7 Å². The summed E-state index contributed by atoms with van der Waals surface area (Å²) in [5.74, 6) is -0.146. The number of amides is 1. The first kappa shape index (κ1) is 13.4. The van der Waals surface area contributed by atoms with Gasteiger partial charge in [-0.1, -0.05) is 23.7 Å². The molecule has 0 radical (unpaired) electrons. The normalized spacial score (nSPS) is 10.8. The molecule has 0 atom stereocenters. The summed E-state index contributed by atoms with van der Waals surface area (Å²) in [5, 5.41) is 4.58. The molecule has 0 saturated carbocycles. The topological polar surface area (TPSA) is 46.4 Å². The Kier molecular flexibility index (Phi) is 4.36. The molecule has 1 heterocycles. The Morgan fingerprint density at radius 2 is 2.11 bits per heavy atom. The van der Waals surface area contributed by atoms with E-state index in [4.69, 9.17) is 11.6 Å². The molecule has 2 rings (SSSR count). The number of rotatable bonds is 4. The maximum Gasteiger partial charge on any atom is 0.245 e. The van der Waals surface area contributed by atoms with Crippen LogP contribution in [0.4, 0.5) is 0 Å². The van der Waals surface area contributed by atoms with Crippen LogP contribution < -0.4 is 5.43 Å². The van der Waals surface area contributed by atoms with Crippen LogP contribution in [0.1, 0.15) is 11.3 Å². The van der Waals surface area contributed by atoms with E-state index >= 15 is 0 Å². The van der Waals surface area contributed by atoms with Crippen molar-refractivity contribution < 1.29 is 4.79 Å². The molecule has 1 N–H and O–H groups in total. The molecule has 0 spiro atoms. The Balaban J connectivity index is 1.86. The molecule has 1 aromatic heterocycles. The van der Waals surface area contributed by atoms with Crippen LogP contribution in [0.2, 0.25) is 5.02 Å². The van der Waals surface area contributed by atoms with Gasteiger partial charge in [-0.15, -0.1) is 0 Å². The van der Waals surface area contributed by atoms with Gasteiger partial charge in [-0.05, 0) is 29.8 Å². The number of nitrogens with one attached hydrogen (secondary N) is 1. The van der Waals surface area contributed by atoms with Gasteiger partial charge in [0.15, 0.2) is 0 Å². The van der Waals surface area contributed by atoms with E-state index in [9.17, 15) is 4.79 Å². The first-order valence-corrected chi connectivity index (χ1v) is 6.20. The third-order valence-electron chi connectivity index (χ3n) is 2.67. The summed E-state index contributed by atoms with van der Waals surface area (Å²) in [6, 6.07) is 11.0. The van der Waals surface area contributed by atoms with Crippen LogP contribution in [-0.2, 0) is 18.3 Å². The molecule has 0 unspecified atom stereocenters. The van der Waals surface area contributed by atoms with Crippen LogP contribution in [0.3, 0.4) is 0 Å². The molecule has 2 aromatic rings. The number of hydrogen-bond acceptors (Lipinski definition) is 2.